The van der Waals surface area contributed by atoms with Gasteiger partial charge >= 0.3 is 0 Å². The maximum Gasteiger partial charge on any atom is 0.221 e. The van der Waals surface area contributed by atoms with Crippen molar-refractivity contribution in [1.82, 2.24) is 10.6 Å². The third-order valence-corrected chi connectivity index (χ3v) is 3.16. The number of carbonyl (C=O) groups excluding carboxylic acids is 1. The average Bonchev–Trinajstić information content (AvgIpc) is 2.61. The van der Waals surface area contributed by atoms with Gasteiger partial charge in [0.2, 0.25) is 5.91 Å². The summed E-state index contributed by atoms with van der Waals surface area (Å²) in [5.41, 5.74) is 0.0288. The van der Waals surface area contributed by atoms with Gasteiger partial charge in [-0.1, -0.05) is 13.8 Å². The summed E-state index contributed by atoms with van der Waals surface area (Å²) in [5, 5.41) is 6.21. The van der Waals surface area contributed by atoms with E-state index in [0.29, 0.717) is 18.4 Å². The fourth-order valence-electron chi connectivity index (χ4n) is 2.09. The van der Waals surface area contributed by atoms with Crippen molar-refractivity contribution in [3.05, 3.63) is 0 Å². The Morgan fingerprint density at radius 3 is 2.72 bits per heavy atom. The Bertz CT molecular complexity index is 265. The van der Waals surface area contributed by atoms with Crippen molar-refractivity contribution >= 4 is 5.91 Å². The van der Waals surface area contributed by atoms with E-state index in [-0.39, 0.29) is 11.5 Å². The zero-order chi connectivity index (χ0) is 13.6. The molecule has 2 N–H and O–H groups in total. The molecule has 0 aromatic heterocycles. The number of hydrogen-bond donors (Lipinski definition) is 2. The molecule has 0 aliphatic carbocycles. The minimum atomic E-state index is 0.0288. The molecule has 1 unspecified atom stereocenters. The third-order valence-electron chi connectivity index (χ3n) is 3.16. The van der Waals surface area contributed by atoms with Crippen molar-refractivity contribution in [3.8, 4) is 0 Å². The molecule has 1 aliphatic heterocycles. The van der Waals surface area contributed by atoms with Gasteiger partial charge in [0.05, 0.1) is 11.7 Å². The maximum absolute atomic E-state index is 11.5. The topological polar surface area (TPSA) is 50.4 Å². The third kappa shape index (κ3) is 6.36. The molecule has 0 spiro atoms. The van der Waals surface area contributed by atoms with Crippen LogP contribution >= 0.6 is 0 Å². The van der Waals surface area contributed by atoms with E-state index in [2.05, 4.69) is 38.3 Å². The van der Waals surface area contributed by atoms with Crippen molar-refractivity contribution in [3.63, 3.8) is 0 Å². The molecule has 1 rings (SSSR count). The molecule has 1 fully saturated rings. The van der Waals surface area contributed by atoms with Gasteiger partial charge in [0.15, 0.2) is 0 Å². The zero-order valence-electron chi connectivity index (χ0n) is 12.2. The summed E-state index contributed by atoms with van der Waals surface area (Å²) in [5.74, 6) is 0.639. The molecule has 4 heteroatoms. The van der Waals surface area contributed by atoms with Crippen molar-refractivity contribution in [2.45, 2.75) is 58.7 Å². The molecule has 0 aromatic rings. The van der Waals surface area contributed by atoms with E-state index in [0.717, 1.165) is 32.5 Å². The molecule has 0 aromatic carbocycles. The highest BCUT2D eigenvalue weighted by Crippen LogP contribution is 2.28. The Labute approximate surface area is 111 Å². The van der Waals surface area contributed by atoms with E-state index in [1.807, 2.05) is 0 Å². The highest BCUT2D eigenvalue weighted by atomic mass is 16.5. The molecular weight excluding hydrogens is 228 g/mol. The molecule has 1 heterocycles. The van der Waals surface area contributed by atoms with Gasteiger partial charge in [0.1, 0.15) is 0 Å². The van der Waals surface area contributed by atoms with Gasteiger partial charge < -0.3 is 15.4 Å². The summed E-state index contributed by atoms with van der Waals surface area (Å²) in [6, 6.07) is 0. The van der Waals surface area contributed by atoms with Crippen LogP contribution in [0.2, 0.25) is 0 Å². The molecule has 1 amide bonds. The highest BCUT2D eigenvalue weighted by molar-refractivity contribution is 5.76. The van der Waals surface area contributed by atoms with Gasteiger partial charge in [-0.2, -0.15) is 0 Å². The second kappa shape index (κ2) is 7.10. The van der Waals surface area contributed by atoms with Gasteiger partial charge in [-0.25, -0.2) is 0 Å². The molecule has 0 saturated carbocycles. The second-order valence-electron chi connectivity index (χ2n) is 6.19. The van der Waals surface area contributed by atoms with Crippen LogP contribution in [0.4, 0.5) is 0 Å². The van der Waals surface area contributed by atoms with E-state index in [4.69, 9.17) is 4.74 Å². The number of ether oxygens (including phenoxy) is 1. The number of rotatable bonds is 7. The number of hydrogen-bond acceptors (Lipinski definition) is 3. The van der Waals surface area contributed by atoms with Crippen LogP contribution in [-0.4, -0.2) is 37.2 Å². The maximum atomic E-state index is 11.5. The van der Waals surface area contributed by atoms with Gasteiger partial charge in [0.25, 0.3) is 0 Å². The molecule has 106 valence electrons. The van der Waals surface area contributed by atoms with Crippen LogP contribution in [0.15, 0.2) is 0 Å². The monoisotopic (exact) mass is 256 g/mol. The van der Waals surface area contributed by atoms with Crippen LogP contribution in [0, 0.1) is 5.92 Å². The lowest BCUT2D eigenvalue weighted by Gasteiger charge is -2.19. The molecule has 1 saturated heterocycles. The first kappa shape index (κ1) is 15.4. The van der Waals surface area contributed by atoms with Crippen molar-refractivity contribution in [2.75, 3.05) is 19.6 Å². The molecule has 0 bridgehead atoms. The van der Waals surface area contributed by atoms with Crippen LogP contribution in [0.5, 0.6) is 0 Å². The van der Waals surface area contributed by atoms with Crippen LogP contribution in [0.25, 0.3) is 0 Å². The van der Waals surface area contributed by atoms with E-state index in [1.165, 1.54) is 0 Å². The Hall–Kier alpha value is -0.610. The lowest BCUT2D eigenvalue weighted by Crippen LogP contribution is -2.33. The lowest BCUT2D eigenvalue weighted by molar-refractivity contribution is -0.121. The summed E-state index contributed by atoms with van der Waals surface area (Å²) >= 11 is 0. The van der Waals surface area contributed by atoms with Crippen molar-refractivity contribution in [2.24, 2.45) is 5.92 Å². The summed E-state index contributed by atoms with van der Waals surface area (Å²) in [6.45, 7) is 10.8. The first-order chi connectivity index (χ1) is 8.39. The Morgan fingerprint density at radius 2 is 2.17 bits per heavy atom. The minimum absolute atomic E-state index is 0.0288. The molecule has 18 heavy (non-hydrogen) atoms. The fraction of sp³-hybridized carbons (Fsp3) is 0.929. The van der Waals surface area contributed by atoms with Crippen LogP contribution < -0.4 is 10.6 Å². The Kier molecular flexibility index (Phi) is 6.09. The molecular formula is C14H28N2O2. The van der Waals surface area contributed by atoms with Gasteiger partial charge in [-0.05, 0) is 32.6 Å². The lowest BCUT2D eigenvalue weighted by atomic mass is 10.1. The predicted molar refractivity (Wildman–Crippen MR) is 73.5 cm³/mol. The molecule has 1 aliphatic rings. The van der Waals surface area contributed by atoms with Crippen molar-refractivity contribution in [1.29, 1.82) is 0 Å². The fourth-order valence-corrected chi connectivity index (χ4v) is 2.09. The Balaban J connectivity index is 2.00. The number of carbonyl (C=O) groups is 1. The Morgan fingerprint density at radius 1 is 1.44 bits per heavy atom. The first-order valence-corrected chi connectivity index (χ1v) is 7.04. The zero-order valence-corrected chi connectivity index (χ0v) is 12.2. The van der Waals surface area contributed by atoms with Crippen LogP contribution in [-0.2, 0) is 9.53 Å². The SMILES string of the molecule is CC(C)CNC(=O)CCNCC1CCC(C)(C)O1. The first-order valence-electron chi connectivity index (χ1n) is 7.04. The summed E-state index contributed by atoms with van der Waals surface area (Å²) in [7, 11) is 0. The second-order valence-corrected chi connectivity index (χ2v) is 6.19. The molecule has 4 nitrogen and oxygen atoms in total. The summed E-state index contributed by atoms with van der Waals surface area (Å²) in [6.07, 6.45) is 3.08. The number of amides is 1. The standard InChI is InChI=1S/C14H28N2O2/c1-11(2)9-16-13(17)6-8-15-10-12-5-7-14(3,4)18-12/h11-12,15H,5-10H2,1-4H3,(H,16,17). The van der Waals surface area contributed by atoms with E-state index >= 15 is 0 Å². The van der Waals surface area contributed by atoms with E-state index in [9.17, 15) is 4.79 Å². The molecule has 1 atom stereocenters. The summed E-state index contributed by atoms with van der Waals surface area (Å²) in [4.78, 5) is 11.5. The largest absolute Gasteiger partial charge is 0.371 e. The highest BCUT2D eigenvalue weighted by Gasteiger charge is 2.30. The number of nitrogens with one attached hydrogen (secondary N) is 2. The van der Waals surface area contributed by atoms with E-state index < -0.39 is 0 Å². The normalized spacial score (nSPS) is 22.4. The van der Waals surface area contributed by atoms with E-state index in [1.54, 1.807) is 0 Å². The van der Waals surface area contributed by atoms with Crippen LogP contribution in [0.1, 0.15) is 47.0 Å². The van der Waals surface area contributed by atoms with Crippen LogP contribution in [0.3, 0.4) is 0 Å². The smallest absolute Gasteiger partial charge is 0.221 e. The van der Waals surface area contributed by atoms with Gasteiger partial charge in [-0.3, -0.25) is 4.79 Å². The summed E-state index contributed by atoms with van der Waals surface area (Å²) < 4.78 is 5.87. The van der Waals surface area contributed by atoms with Crippen molar-refractivity contribution < 1.29 is 9.53 Å². The molecule has 0 radical (unpaired) electrons. The van der Waals surface area contributed by atoms with Gasteiger partial charge in [-0.15, -0.1) is 0 Å². The predicted octanol–water partition coefficient (Wildman–Crippen LogP) is 1.70. The van der Waals surface area contributed by atoms with Gasteiger partial charge in [0, 0.05) is 26.1 Å². The minimum Gasteiger partial charge on any atom is -0.371 e. The average molecular weight is 256 g/mol. The quantitative estimate of drug-likeness (QED) is 0.682.